The largest absolute Gasteiger partial charge is 0.439 e. The number of fused-ring (bicyclic) bond motifs is 1. The monoisotopic (exact) mass is 289 g/mol. The summed E-state index contributed by atoms with van der Waals surface area (Å²) >= 11 is 3.40. The zero-order valence-corrected chi connectivity index (χ0v) is 10.9. The maximum absolute atomic E-state index is 5.73. The standard InChI is InChI=1S/C14H12BrNO/c15-11-5-7-12(8-6-11)17-14-9-4-10-2-1-3-13(10)16-14/h4-9H,1-3H2. The van der Waals surface area contributed by atoms with Gasteiger partial charge in [0.15, 0.2) is 0 Å². The molecule has 1 aromatic heterocycles. The third kappa shape index (κ3) is 2.34. The van der Waals surface area contributed by atoms with Gasteiger partial charge >= 0.3 is 0 Å². The van der Waals surface area contributed by atoms with Gasteiger partial charge in [-0.3, -0.25) is 0 Å². The highest BCUT2D eigenvalue weighted by atomic mass is 79.9. The van der Waals surface area contributed by atoms with E-state index < -0.39 is 0 Å². The Balaban J connectivity index is 1.83. The maximum Gasteiger partial charge on any atom is 0.219 e. The quantitative estimate of drug-likeness (QED) is 0.829. The molecule has 0 spiro atoms. The second-order valence-electron chi connectivity index (χ2n) is 4.16. The lowest BCUT2D eigenvalue weighted by Gasteiger charge is -2.06. The highest BCUT2D eigenvalue weighted by molar-refractivity contribution is 9.10. The first-order chi connectivity index (χ1) is 8.31. The van der Waals surface area contributed by atoms with Gasteiger partial charge in [0.05, 0.1) is 0 Å². The van der Waals surface area contributed by atoms with Gasteiger partial charge in [0, 0.05) is 16.2 Å². The summed E-state index contributed by atoms with van der Waals surface area (Å²) in [6, 6.07) is 11.9. The molecule has 2 aromatic rings. The molecule has 3 rings (SSSR count). The lowest BCUT2D eigenvalue weighted by atomic mass is 10.2. The molecule has 1 aromatic carbocycles. The summed E-state index contributed by atoms with van der Waals surface area (Å²) in [4.78, 5) is 4.54. The fourth-order valence-corrected chi connectivity index (χ4v) is 2.35. The molecule has 0 saturated carbocycles. The third-order valence-corrected chi connectivity index (χ3v) is 3.47. The van der Waals surface area contributed by atoms with Gasteiger partial charge in [0.2, 0.25) is 5.88 Å². The summed E-state index contributed by atoms with van der Waals surface area (Å²) in [5, 5.41) is 0. The Bertz CT molecular complexity index is 536. The van der Waals surface area contributed by atoms with Gasteiger partial charge in [-0.2, -0.15) is 0 Å². The zero-order chi connectivity index (χ0) is 11.7. The Labute approximate surface area is 109 Å². The van der Waals surface area contributed by atoms with Crippen molar-refractivity contribution in [3.63, 3.8) is 0 Å². The number of aryl methyl sites for hydroxylation is 2. The van der Waals surface area contributed by atoms with Crippen molar-refractivity contribution >= 4 is 15.9 Å². The third-order valence-electron chi connectivity index (χ3n) is 2.94. The van der Waals surface area contributed by atoms with Gasteiger partial charge in [-0.1, -0.05) is 22.0 Å². The first-order valence-electron chi connectivity index (χ1n) is 5.73. The molecular formula is C14H12BrNO. The molecule has 1 aliphatic rings. The number of benzene rings is 1. The van der Waals surface area contributed by atoms with Crippen molar-refractivity contribution in [2.45, 2.75) is 19.3 Å². The van der Waals surface area contributed by atoms with E-state index in [4.69, 9.17) is 4.74 Å². The summed E-state index contributed by atoms with van der Waals surface area (Å²) in [6.45, 7) is 0. The molecule has 0 bridgehead atoms. The second-order valence-corrected chi connectivity index (χ2v) is 5.08. The molecule has 2 nitrogen and oxygen atoms in total. The van der Waals surface area contributed by atoms with Gasteiger partial charge < -0.3 is 4.74 Å². The van der Waals surface area contributed by atoms with Crippen molar-refractivity contribution < 1.29 is 4.74 Å². The van der Waals surface area contributed by atoms with Crippen molar-refractivity contribution in [2.24, 2.45) is 0 Å². The highest BCUT2D eigenvalue weighted by Gasteiger charge is 2.12. The van der Waals surface area contributed by atoms with Gasteiger partial charge in [-0.15, -0.1) is 0 Å². The predicted molar refractivity (Wildman–Crippen MR) is 70.5 cm³/mol. The minimum Gasteiger partial charge on any atom is -0.439 e. The van der Waals surface area contributed by atoms with E-state index in [0.717, 1.165) is 23.1 Å². The molecule has 17 heavy (non-hydrogen) atoms. The van der Waals surface area contributed by atoms with Crippen LogP contribution in [0.5, 0.6) is 11.6 Å². The molecule has 1 aliphatic carbocycles. The van der Waals surface area contributed by atoms with Gasteiger partial charge in [-0.25, -0.2) is 4.98 Å². The van der Waals surface area contributed by atoms with E-state index >= 15 is 0 Å². The van der Waals surface area contributed by atoms with Crippen LogP contribution in [0.4, 0.5) is 0 Å². The Morgan fingerprint density at radius 3 is 2.65 bits per heavy atom. The number of hydrogen-bond donors (Lipinski definition) is 0. The van der Waals surface area contributed by atoms with Gasteiger partial charge in [0.1, 0.15) is 5.75 Å². The molecule has 0 fully saturated rings. The van der Waals surface area contributed by atoms with Crippen molar-refractivity contribution in [1.29, 1.82) is 0 Å². The smallest absolute Gasteiger partial charge is 0.219 e. The molecule has 0 unspecified atom stereocenters. The predicted octanol–water partition coefficient (Wildman–Crippen LogP) is 4.13. The molecule has 3 heteroatoms. The van der Waals surface area contributed by atoms with Gasteiger partial charge in [0.25, 0.3) is 0 Å². The van der Waals surface area contributed by atoms with Crippen molar-refractivity contribution in [1.82, 2.24) is 4.98 Å². The van der Waals surface area contributed by atoms with Crippen LogP contribution in [0.2, 0.25) is 0 Å². The average Bonchev–Trinajstić information content (AvgIpc) is 2.79. The molecular weight excluding hydrogens is 278 g/mol. The number of pyridine rings is 1. The van der Waals surface area contributed by atoms with Crippen molar-refractivity contribution in [3.8, 4) is 11.6 Å². The summed E-state index contributed by atoms with van der Waals surface area (Å²) in [7, 11) is 0. The maximum atomic E-state index is 5.73. The lowest BCUT2D eigenvalue weighted by Crippen LogP contribution is -1.92. The number of halogens is 1. The van der Waals surface area contributed by atoms with Crippen LogP contribution < -0.4 is 4.74 Å². The summed E-state index contributed by atoms with van der Waals surface area (Å²) in [5.41, 5.74) is 2.56. The van der Waals surface area contributed by atoms with Crippen molar-refractivity contribution in [2.75, 3.05) is 0 Å². The van der Waals surface area contributed by atoms with Crippen LogP contribution >= 0.6 is 15.9 Å². The molecule has 0 aliphatic heterocycles. The Kier molecular flexibility index (Phi) is 2.85. The highest BCUT2D eigenvalue weighted by Crippen LogP contribution is 2.26. The molecule has 0 N–H and O–H groups in total. The SMILES string of the molecule is Brc1ccc(Oc2ccc3c(n2)CCC3)cc1. The van der Waals surface area contributed by atoms with E-state index in [-0.39, 0.29) is 0 Å². The minimum atomic E-state index is 0.688. The molecule has 86 valence electrons. The molecule has 1 heterocycles. The van der Waals surface area contributed by atoms with E-state index in [1.165, 1.54) is 17.7 Å². The fraction of sp³-hybridized carbons (Fsp3) is 0.214. The van der Waals surface area contributed by atoms with E-state index in [2.05, 4.69) is 27.0 Å². The summed E-state index contributed by atoms with van der Waals surface area (Å²) < 4.78 is 6.77. The molecule has 0 amide bonds. The number of nitrogens with zero attached hydrogens (tertiary/aromatic N) is 1. The van der Waals surface area contributed by atoms with E-state index in [0.29, 0.717) is 5.88 Å². The van der Waals surface area contributed by atoms with Crippen LogP contribution in [0, 0.1) is 0 Å². The summed E-state index contributed by atoms with van der Waals surface area (Å²) in [6.07, 6.45) is 3.44. The van der Waals surface area contributed by atoms with Crippen LogP contribution in [0.15, 0.2) is 40.9 Å². The Morgan fingerprint density at radius 2 is 1.82 bits per heavy atom. The number of hydrogen-bond acceptors (Lipinski definition) is 2. The number of rotatable bonds is 2. The van der Waals surface area contributed by atoms with Crippen molar-refractivity contribution in [3.05, 3.63) is 52.1 Å². The first-order valence-corrected chi connectivity index (χ1v) is 6.53. The lowest BCUT2D eigenvalue weighted by molar-refractivity contribution is 0.461. The molecule has 0 atom stereocenters. The number of ether oxygens (including phenoxy) is 1. The van der Waals surface area contributed by atoms with Crippen LogP contribution in [-0.4, -0.2) is 4.98 Å². The summed E-state index contributed by atoms with van der Waals surface area (Å²) in [5.74, 6) is 1.51. The molecule has 0 radical (unpaired) electrons. The molecule has 0 saturated heterocycles. The normalized spacial score (nSPS) is 13.5. The first kappa shape index (κ1) is 10.8. The fourth-order valence-electron chi connectivity index (χ4n) is 2.08. The Hall–Kier alpha value is -1.35. The van der Waals surface area contributed by atoms with Crippen LogP contribution in [-0.2, 0) is 12.8 Å². The minimum absolute atomic E-state index is 0.688. The average molecular weight is 290 g/mol. The van der Waals surface area contributed by atoms with Crippen LogP contribution in [0.25, 0.3) is 0 Å². The number of aromatic nitrogens is 1. The van der Waals surface area contributed by atoms with E-state index in [1.54, 1.807) is 0 Å². The zero-order valence-electron chi connectivity index (χ0n) is 9.32. The second kappa shape index (κ2) is 4.49. The van der Waals surface area contributed by atoms with Gasteiger partial charge in [-0.05, 0) is 49.1 Å². The van der Waals surface area contributed by atoms with E-state index in [9.17, 15) is 0 Å². The van der Waals surface area contributed by atoms with Crippen LogP contribution in [0.1, 0.15) is 17.7 Å². The van der Waals surface area contributed by atoms with E-state index in [1.807, 2.05) is 30.3 Å². The van der Waals surface area contributed by atoms with Crippen LogP contribution in [0.3, 0.4) is 0 Å². The topological polar surface area (TPSA) is 22.1 Å². The Morgan fingerprint density at radius 1 is 1.00 bits per heavy atom.